The Hall–Kier alpha value is -3.41. The number of ether oxygens (including phenoxy) is 1. The maximum atomic E-state index is 12.4. The van der Waals surface area contributed by atoms with E-state index in [0.717, 1.165) is 5.56 Å². The highest BCUT2D eigenvalue weighted by molar-refractivity contribution is 6.04. The van der Waals surface area contributed by atoms with Gasteiger partial charge in [0.1, 0.15) is 0 Å². The van der Waals surface area contributed by atoms with Crippen LogP contribution in [0.15, 0.2) is 66.7 Å². The molecule has 2 aromatic rings. The third-order valence-electron chi connectivity index (χ3n) is 3.58. The lowest BCUT2D eigenvalue weighted by Crippen LogP contribution is -2.26. The van der Waals surface area contributed by atoms with Crippen molar-refractivity contribution in [3.8, 4) is 0 Å². The molecule has 0 aliphatic heterocycles. The summed E-state index contributed by atoms with van der Waals surface area (Å²) in [6.45, 7) is 1.84. The maximum Gasteiger partial charge on any atom is 0.330 e. The first kappa shape index (κ1) is 19.9. The molecule has 0 aliphatic carbocycles. The Bertz CT molecular complexity index is 816. The summed E-state index contributed by atoms with van der Waals surface area (Å²) in [5.74, 6) is -1.41. The number of benzene rings is 2. The standard InChI is InChI=1S/C21H22N2O4/c1-2-3-13-20(25)27-15-19(24)23-18-12-8-7-11-17(18)21(26)22-14-16-9-5-4-6-10-16/h3-13H,2,14-15H2,1H3,(H,22,26)(H,23,24)/b13-3+. The number of nitrogens with one attached hydrogen (secondary N) is 2. The maximum absolute atomic E-state index is 12.4. The molecule has 2 rings (SSSR count). The highest BCUT2D eigenvalue weighted by Gasteiger charge is 2.13. The van der Waals surface area contributed by atoms with E-state index in [-0.39, 0.29) is 5.91 Å². The van der Waals surface area contributed by atoms with Gasteiger partial charge in [-0.1, -0.05) is 55.5 Å². The van der Waals surface area contributed by atoms with Gasteiger partial charge in [-0.3, -0.25) is 9.59 Å². The molecule has 140 valence electrons. The normalized spacial score (nSPS) is 10.4. The minimum absolute atomic E-state index is 0.308. The molecule has 0 saturated carbocycles. The quantitative estimate of drug-likeness (QED) is 0.555. The van der Waals surface area contributed by atoms with Crippen LogP contribution < -0.4 is 10.6 Å². The highest BCUT2D eigenvalue weighted by Crippen LogP contribution is 2.15. The number of carbonyl (C=O) groups excluding carboxylic acids is 3. The van der Waals surface area contributed by atoms with E-state index in [1.165, 1.54) is 6.08 Å². The van der Waals surface area contributed by atoms with Crippen molar-refractivity contribution in [1.29, 1.82) is 0 Å². The Kier molecular flexibility index (Phi) is 7.78. The Morgan fingerprint density at radius 2 is 1.70 bits per heavy atom. The molecule has 0 atom stereocenters. The molecule has 0 unspecified atom stereocenters. The largest absolute Gasteiger partial charge is 0.452 e. The van der Waals surface area contributed by atoms with Gasteiger partial charge in [0.2, 0.25) is 0 Å². The molecule has 0 aliphatic rings. The smallest absolute Gasteiger partial charge is 0.330 e. The second-order valence-corrected chi connectivity index (χ2v) is 5.68. The van der Waals surface area contributed by atoms with Gasteiger partial charge in [-0.05, 0) is 24.1 Å². The van der Waals surface area contributed by atoms with Crippen LogP contribution in [-0.2, 0) is 20.9 Å². The zero-order valence-electron chi connectivity index (χ0n) is 15.1. The number of rotatable bonds is 8. The minimum Gasteiger partial charge on any atom is -0.452 e. The summed E-state index contributed by atoms with van der Waals surface area (Å²) in [5.41, 5.74) is 1.66. The molecule has 6 nitrogen and oxygen atoms in total. The summed E-state index contributed by atoms with van der Waals surface area (Å²) in [4.78, 5) is 35.8. The van der Waals surface area contributed by atoms with Crippen molar-refractivity contribution in [3.63, 3.8) is 0 Å². The van der Waals surface area contributed by atoms with Crippen LogP contribution in [0.4, 0.5) is 5.69 Å². The Morgan fingerprint density at radius 3 is 2.44 bits per heavy atom. The molecule has 6 heteroatoms. The second-order valence-electron chi connectivity index (χ2n) is 5.68. The van der Waals surface area contributed by atoms with Gasteiger partial charge < -0.3 is 15.4 Å². The molecular weight excluding hydrogens is 344 g/mol. The van der Waals surface area contributed by atoms with Gasteiger partial charge >= 0.3 is 5.97 Å². The van der Waals surface area contributed by atoms with Crippen LogP contribution in [0, 0.1) is 0 Å². The molecular formula is C21H22N2O4. The summed E-state index contributed by atoms with van der Waals surface area (Å²) in [7, 11) is 0. The second kappa shape index (κ2) is 10.6. The van der Waals surface area contributed by atoms with Crippen LogP contribution in [0.2, 0.25) is 0 Å². The van der Waals surface area contributed by atoms with E-state index < -0.39 is 18.5 Å². The van der Waals surface area contributed by atoms with E-state index in [2.05, 4.69) is 10.6 Å². The van der Waals surface area contributed by atoms with Gasteiger partial charge in [-0.2, -0.15) is 0 Å². The van der Waals surface area contributed by atoms with E-state index in [0.29, 0.717) is 24.2 Å². The number of hydrogen-bond acceptors (Lipinski definition) is 4. The monoisotopic (exact) mass is 366 g/mol. The average Bonchev–Trinajstić information content (AvgIpc) is 2.70. The fourth-order valence-corrected chi connectivity index (χ4v) is 2.25. The molecule has 2 aromatic carbocycles. The van der Waals surface area contributed by atoms with Crippen molar-refractivity contribution in [3.05, 3.63) is 77.9 Å². The molecule has 2 amide bonds. The number of amides is 2. The number of carbonyl (C=O) groups is 3. The van der Waals surface area contributed by atoms with Crippen molar-refractivity contribution < 1.29 is 19.1 Å². The molecule has 0 saturated heterocycles. The fourth-order valence-electron chi connectivity index (χ4n) is 2.25. The molecule has 27 heavy (non-hydrogen) atoms. The third-order valence-corrected chi connectivity index (χ3v) is 3.58. The van der Waals surface area contributed by atoms with Crippen LogP contribution in [0.3, 0.4) is 0 Å². The summed E-state index contributed by atoms with van der Waals surface area (Å²) in [6, 6.07) is 16.2. The van der Waals surface area contributed by atoms with Gasteiger partial charge in [0.15, 0.2) is 6.61 Å². The van der Waals surface area contributed by atoms with E-state index in [9.17, 15) is 14.4 Å². The van der Waals surface area contributed by atoms with E-state index in [1.807, 2.05) is 37.3 Å². The van der Waals surface area contributed by atoms with Crippen LogP contribution in [-0.4, -0.2) is 24.4 Å². The van der Waals surface area contributed by atoms with Gasteiger partial charge in [0.25, 0.3) is 11.8 Å². The van der Waals surface area contributed by atoms with Gasteiger partial charge in [0.05, 0.1) is 11.3 Å². The van der Waals surface area contributed by atoms with Crippen LogP contribution in [0.25, 0.3) is 0 Å². The molecule has 0 spiro atoms. The molecule has 2 N–H and O–H groups in total. The number of para-hydroxylation sites is 1. The summed E-state index contributed by atoms with van der Waals surface area (Å²) < 4.78 is 4.85. The Labute approximate surface area is 158 Å². The van der Waals surface area contributed by atoms with Crippen molar-refractivity contribution in [2.45, 2.75) is 19.9 Å². The first-order valence-corrected chi connectivity index (χ1v) is 8.64. The highest BCUT2D eigenvalue weighted by atomic mass is 16.5. The van der Waals surface area contributed by atoms with Gasteiger partial charge in [0, 0.05) is 12.6 Å². The molecule has 0 bridgehead atoms. The predicted octanol–water partition coefficient (Wildman–Crippen LogP) is 3.06. The van der Waals surface area contributed by atoms with Crippen molar-refractivity contribution >= 4 is 23.5 Å². The lowest BCUT2D eigenvalue weighted by atomic mass is 10.1. The fraction of sp³-hybridized carbons (Fsp3) is 0.190. The van der Waals surface area contributed by atoms with Gasteiger partial charge in [-0.15, -0.1) is 0 Å². The first-order valence-electron chi connectivity index (χ1n) is 8.64. The Morgan fingerprint density at radius 1 is 1.00 bits per heavy atom. The van der Waals surface area contributed by atoms with E-state index in [1.54, 1.807) is 30.3 Å². The van der Waals surface area contributed by atoms with Gasteiger partial charge in [-0.25, -0.2) is 4.79 Å². The number of esters is 1. The lowest BCUT2D eigenvalue weighted by molar-refractivity contribution is -0.142. The number of hydrogen-bond donors (Lipinski definition) is 2. The molecule has 0 aromatic heterocycles. The van der Waals surface area contributed by atoms with Crippen molar-refractivity contribution in [1.82, 2.24) is 5.32 Å². The molecule has 0 heterocycles. The number of anilines is 1. The molecule has 0 fully saturated rings. The van der Waals surface area contributed by atoms with Crippen LogP contribution >= 0.6 is 0 Å². The van der Waals surface area contributed by atoms with Crippen molar-refractivity contribution in [2.75, 3.05) is 11.9 Å². The lowest BCUT2D eigenvalue weighted by Gasteiger charge is -2.11. The zero-order chi connectivity index (χ0) is 19.5. The number of allylic oxidation sites excluding steroid dienone is 1. The van der Waals surface area contributed by atoms with E-state index >= 15 is 0 Å². The summed E-state index contributed by atoms with van der Waals surface area (Å²) in [5, 5.41) is 5.42. The van der Waals surface area contributed by atoms with E-state index in [4.69, 9.17) is 4.74 Å². The summed E-state index contributed by atoms with van der Waals surface area (Å²) >= 11 is 0. The first-order chi connectivity index (χ1) is 13.1. The topological polar surface area (TPSA) is 84.5 Å². The van der Waals surface area contributed by atoms with Crippen molar-refractivity contribution in [2.24, 2.45) is 0 Å². The van der Waals surface area contributed by atoms with Crippen LogP contribution in [0.1, 0.15) is 29.3 Å². The zero-order valence-corrected chi connectivity index (χ0v) is 15.1. The summed E-state index contributed by atoms with van der Waals surface area (Å²) in [6.07, 6.45) is 3.62. The van der Waals surface area contributed by atoms with Crippen LogP contribution in [0.5, 0.6) is 0 Å². The average molecular weight is 366 g/mol. The SMILES string of the molecule is CC/C=C/C(=O)OCC(=O)Nc1ccccc1C(=O)NCc1ccccc1. The third kappa shape index (κ3) is 6.78. The Balaban J connectivity index is 1.94. The molecule has 0 radical (unpaired) electrons. The minimum atomic E-state index is -0.583. The predicted molar refractivity (Wildman–Crippen MR) is 103 cm³/mol.